The SMILES string of the molecule is CCOC(=O)[C@@]1(N)[C@H](S(=O)(=O)CC)[C@@H]1c1ccc(OC)cc1. The Bertz CT molecular complexity index is 655. The van der Waals surface area contributed by atoms with Crippen LogP contribution >= 0.6 is 0 Å². The summed E-state index contributed by atoms with van der Waals surface area (Å²) in [6.07, 6.45) is 0. The monoisotopic (exact) mass is 327 g/mol. The minimum Gasteiger partial charge on any atom is -0.497 e. The summed E-state index contributed by atoms with van der Waals surface area (Å²) < 4.78 is 34.6. The molecule has 1 saturated carbocycles. The van der Waals surface area contributed by atoms with Crippen LogP contribution in [0.4, 0.5) is 0 Å². The van der Waals surface area contributed by atoms with E-state index >= 15 is 0 Å². The molecule has 2 N–H and O–H groups in total. The van der Waals surface area contributed by atoms with Crippen LogP contribution in [0, 0.1) is 0 Å². The van der Waals surface area contributed by atoms with E-state index in [0.717, 1.165) is 0 Å². The Morgan fingerprint density at radius 3 is 2.32 bits per heavy atom. The number of rotatable bonds is 6. The fourth-order valence-electron chi connectivity index (χ4n) is 2.82. The van der Waals surface area contributed by atoms with Crippen molar-refractivity contribution in [2.75, 3.05) is 19.5 Å². The number of carbonyl (C=O) groups is 1. The first-order valence-electron chi connectivity index (χ1n) is 7.14. The molecule has 1 aromatic rings. The molecule has 1 aliphatic rings. The summed E-state index contributed by atoms with van der Waals surface area (Å²) in [5.74, 6) is -0.679. The molecular weight excluding hydrogens is 306 g/mol. The fraction of sp³-hybridized carbons (Fsp3) is 0.533. The lowest BCUT2D eigenvalue weighted by atomic mass is 10.1. The molecule has 1 aromatic carbocycles. The molecule has 0 unspecified atom stereocenters. The Kier molecular flexibility index (Phi) is 4.49. The second-order valence-corrected chi connectivity index (χ2v) is 7.69. The van der Waals surface area contributed by atoms with Crippen LogP contribution in [0.25, 0.3) is 0 Å². The van der Waals surface area contributed by atoms with Crippen LogP contribution in [-0.4, -0.2) is 44.6 Å². The standard InChI is InChI=1S/C15H21NO5S/c1-4-21-14(17)15(16)12(13(15)22(18,19)5-2)10-6-8-11(20-3)9-7-10/h6-9,12-13H,4-5,16H2,1-3H3/t12-,13+,15-/m0/s1. The van der Waals surface area contributed by atoms with Gasteiger partial charge < -0.3 is 15.2 Å². The normalized spacial score (nSPS) is 27.3. The second-order valence-electron chi connectivity index (χ2n) is 5.28. The Hall–Kier alpha value is -1.60. The predicted octanol–water partition coefficient (Wildman–Crippen LogP) is 0.856. The number of benzene rings is 1. The quantitative estimate of drug-likeness (QED) is 0.779. The molecule has 0 heterocycles. The van der Waals surface area contributed by atoms with E-state index in [1.807, 2.05) is 0 Å². The molecule has 122 valence electrons. The molecule has 0 aromatic heterocycles. The van der Waals surface area contributed by atoms with Gasteiger partial charge in [-0.05, 0) is 24.6 Å². The van der Waals surface area contributed by atoms with Crippen LogP contribution in [0.15, 0.2) is 24.3 Å². The highest BCUT2D eigenvalue weighted by Crippen LogP contribution is 2.55. The Morgan fingerprint density at radius 2 is 1.86 bits per heavy atom. The third-order valence-electron chi connectivity index (χ3n) is 4.07. The summed E-state index contributed by atoms with van der Waals surface area (Å²) in [6.45, 7) is 3.37. The van der Waals surface area contributed by atoms with Crippen molar-refractivity contribution < 1.29 is 22.7 Å². The first kappa shape index (κ1) is 16.8. The first-order valence-corrected chi connectivity index (χ1v) is 8.86. The van der Waals surface area contributed by atoms with Crippen molar-refractivity contribution in [1.29, 1.82) is 0 Å². The van der Waals surface area contributed by atoms with Crippen molar-refractivity contribution in [3.05, 3.63) is 29.8 Å². The molecule has 2 rings (SSSR count). The van der Waals surface area contributed by atoms with Gasteiger partial charge in [0.1, 0.15) is 11.3 Å². The molecule has 0 bridgehead atoms. The summed E-state index contributed by atoms with van der Waals surface area (Å²) in [5.41, 5.74) is 5.32. The Labute approximate surface area is 130 Å². The average Bonchev–Trinajstić information content (AvgIpc) is 3.16. The van der Waals surface area contributed by atoms with E-state index in [-0.39, 0.29) is 12.4 Å². The van der Waals surface area contributed by atoms with E-state index in [4.69, 9.17) is 15.2 Å². The highest BCUT2D eigenvalue weighted by Gasteiger charge is 2.74. The topological polar surface area (TPSA) is 95.7 Å². The van der Waals surface area contributed by atoms with Gasteiger partial charge in [-0.1, -0.05) is 19.1 Å². The zero-order chi connectivity index (χ0) is 16.5. The molecule has 0 aliphatic heterocycles. The maximum atomic E-state index is 12.3. The van der Waals surface area contributed by atoms with E-state index in [2.05, 4.69) is 0 Å². The van der Waals surface area contributed by atoms with Crippen LogP contribution in [0.3, 0.4) is 0 Å². The summed E-state index contributed by atoms with van der Waals surface area (Å²) in [4.78, 5) is 12.2. The number of esters is 1. The van der Waals surface area contributed by atoms with Crippen LogP contribution < -0.4 is 10.5 Å². The van der Waals surface area contributed by atoms with Gasteiger partial charge in [-0.2, -0.15) is 0 Å². The van der Waals surface area contributed by atoms with E-state index in [0.29, 0.717) is 11.3 Å². The minimum absolute atomic E-state index is 0.0668. The first-order chi connectivity index (χ1) is 10.3. The van der Waals surface area contributed by atoms with Gasteiger partial charge in [-0.25, -0.2) is 13.2 Å². The molecular formula is C15H21NO5S. The average molecular weight is 327 g/mol. The van der Waals surface area contributed by atoms with Crippen molar-refractivity contribution in [2.45, 2.75) is 30.6 Å². The number of hydrogen-bond donors (Lipinski definition) is 1. The summed E-state index contributed by atoms with van der Waals surface area (Å²) in [5, 5.41) is -0.947. The van der Waals surface area contributed by atoms with Gasteiger partial charge in [0.25, 0.3) is 0 Å². The highest BCUT2D eigenvalue weighted by molar-refractivity contribution is 7.92. The molecule has 22 heavy (non-hydrogen) atoms. The van der Waals surface area contributed by atoms with Gasteiger partial charge in [0.15, 0.2) is 9.84 Å². The van der Waals surface area contributed by atoms with Crippen molar-refractivity contribution in [1.82, 2.24) is 0 Å². The van der Waals surface area contributed by atoms with E-state index in [9.17, 15) is 13.2 Å². The number of carbonyl (C=O) groups excluding carboxylic acids is 1. The van der Waals surface area contributed by atoms with E-state index in [1.165, 1.54) is 0 Å². The molecule has 1 fully saturated rings. The maximum absolute atomic E-state index is 12.3. The molecule has 0 spiro atoms. The van der Waals surface area contributed by atoms with Gasteiger partial charge in [-0.3, -0.25) is 0 Å². The molecule has 0 saturated heterocycles. The smallest absolute Gasteiger partial charge is 0.328 e. The van der Waals surface area contributed by atoms with Gasteiger partial charge in [-0.15, -0.1) is 0 Å². The summed E-state index contributed by atoms with van der Waals surface area (Å²) in [7, 11) is -1.92. The van der Waals surface area contributed by atoms with Crippen molar-refractivity contribution >= 4 is 15.8 Å². The van der Waals surface area contributed by atoms with Crippen molar-refractivity contribution in [2.24, 2.45) is 5.73 Å². The molecule has 6 nitrogen and oxygen atoms in total. The van der Waals surface area contributed by atoms with Crippen LogP contribution in [0.2, 0.25) is 0 Å². The second kappa shape index (κ2) is 5.89. The van der Waals surface area contributed by atoms with Gasteiger partial charge in [0, 0.05) is 11.7 Å². The molecule has 1 aliphatic carbocycles. The molecule has 0 radical (unpaired) electrons. The third kappa shape index (κ3) is 2.59. The molecule has 7 heteroatoms. The number of methoxy groups -OCH3 is 1. The highest BCUT2D eigenvalue weighted by atomic mass is 32.2. The lowest BCUT2D eigenvalue weighted by molar-refractivity contribution is -0.145. The van der Waals surface area contributed by atoms with Gasteiger partial charge in [0.05, 0.1) is 19.0 Å². The minimum atomic E-state index is -3.47. The molecule has 3 atom stereocenters. The number of sulfone groups is 1. The predicted molar refractivity (Wildman–Crippen MR) is 82.5 cm³/mol. The van der Waals surface area contributed by atoms with Crippen LogP contribution in [0.5, 0.6) is 5.75 Å². The maximum Gasteiger partial charge on any atom is 0.328 e. The zero-order valence-corrected chi connectivity index (χ0v) is 13.7. The zero-order valence-electron chi connectivity index (χ0n) is 12.9. The van der Waals surface area contributed by atoms with Crippen LogP contribution in [0.1, 0.15) is 25.3 Å². The van der Waals surface area contributed by atoms with E-state index < -0.39 is 32.5 Å². The summed E-state index contributed by atoms with van der Waals surface area (Å²) >= 11 is 0. The largest absolute Gasteiger partial charge is 0.497 e. The lowest BCUT2D eigenvalue weighted by Crippen LogP contribution is -2.41. The number of hydrogen-bond acceptors (Lipinski definition) is 6. The number of ether oxygens (including phenoxy) is 2. The van der Waals surface area contributed by atoms with Gasteiger partial charge in [0.2, 0.25) is 0 Å². The van der Waals surface area contributed by atoms with Crippen LogP contribution in [-0.2, 0) is 19.4 Å². The number of nitrogens with two attached hydrogens (primary N) is 1. The lowest BCUT2D eigenvalue weighted by Gasteiger charge is -2.11. The Balaban J connectivity index is 2.40. The van der Waals surface area contributed by atoms with Gasteiger partial charge >= 0.3 is 5.97 Å². The van der Waals surface area contributed by atoms with E-state index in [1.54, 1.807) is 45.2 Å². The third-order valence-corrected chi connectivity index (χ3v) is 6.31. The van der Waals surface area contributed by atoms with Crippen molar-refractivity contribution in [3.63, 3.8) is 0 Å². The fourth-order valence-corrected chi connectivity index (χ4v) is 4.73. The van der Waals surface area contributed by atoms with Crippen molar-refractivity contribution in [3.8, 4) is 5.75 Å². The summed E-state index contributed by atoms with van der Waals surface area (Å²) in [6, 6.07) is 6.90. The molecule has 0 amide bonds. The Morgan fingerprint density at radius 1 is 1.27 bits per heavy atom.